The zero-order chi connectivity index (χ0) is 11.8. The fourth-order valence-electron chi connectivity index (χ4n) is 0.479. The number of hydrogen-bond acceptors (Lipinski definition) is 3. The Morgan fingerprint density at radius 1 is 1.07 bits per heavy atom. The maximum Gasteiger partial charge on any atom is 0.459 e. The molecule has 0 saturated carbocycles. The molecule has 84 valence electrons. The van der Waals surface area contributed by atoms with Crippen molar-refractivity contribution in [2.75, 3.05) is 7.11 Å². The Kier molecular flexibility index (Phi) is 3.27. The van der Waals surface area contributed by atoms with Crippen molar-refractivity contribution >= 4 is 12.9 Å². The number of hydrogen-bond donors (Lipinski definition) is 0. The number of carbonyl (C=O) groups excluding carboxylic acids is 1. The fraction of sp³-hybridized carbons (Fsp3) is 0.750. The fourth-order valence-corrected chi connectivity index (χ4v) is 1.44. The minimum Gasteiger partial charge on any atom is -0.463 e. The zero-order valence-electron chi connectivity index (χ0n) is 6.44. The summed E-state index contributed by atoms with van der Waals surface area (Å²) < 4.78 is 84.2. The molecule has 0 atom stereocenters. The van der Waals surface area contributed by atoms with E-state index in [9.17, 15) is 35.7 Å². The molecule has 14 heavy (non-hydrogen) atoms. The SMILES string of the molecule is COC(=O)P(=O)(C(F)(F)F)C(F)(F)F. The van der Waals surface area contributed by atoms with Gasteiger partial charge in [0.2, 0.25) is 0 Å². The average Bonchev–Trinajstić information content (AvgIpc) is 1.97. The Balaban J connectivity index is 5.54. The second kappa shape index (κ2) is 3.45. The summed E-state index contributed by atoms with van der Waals surface area (Å²) in [5, 5.41) is 0. The third-order valence-electron chi connectivity index (χ3n) is 1.15. The first-order valence-corrected chi connectivity index (χ1v) is 4.51. The highest BCUT2D eigenvalue weighted by molar-refractivity contribution is 7.81. The van der Waals surface area contributed by atoms with Crippen LogP contribution in [0, 0.1) is 0 Å². The van der Waals surface area contributed by atoms with Crippen molar-refractivity contribution in [1.29, 1.82) is 0 Å². The first-order chi connectivity index (χ1) is 5.98. The van der Waals surface area contributed by atoms with Crippen LogP contribution >= 0.6 is 7.14 Å². The van der Waals surface area contributed by atoms with Crippen molar-refractivity contribution in [2.24, 2.45) is 0 Å². The van der Waals surface area contributed by atoms with Gasteiger partial charge >= 0.3 is 24.7 Å². The van der Waals surface area contributed by atoms with E-state index in [1.54, 1.807) is 0 Å². The number of methoxy groups -OCH3 is 1. The van der Waals surface area contributed by atoms with Crippen molar-refractivity contribution in [3.8, 4) is 0 Å². The molecule has 0 saturated heterocycles. The summed E-state index contributed by atoms with van der Waals surface area (Å²) in [6.45, 7) is 0. The lowest BCUT2D eigenvalue weighted by atomic mass is 11.4. The third kappa shape index (κ3) is 1.87. The van der Waals surface area contributed by atoms with Gasteiger partial charge in [0.15, 0.2) is 0 Å². The van der Waals surface area contributed by atoms with Gasteiger partial charge in [0, 0.05) is 0 Å². The molecule has 0 unspecified atom stereocenters. The van der Waals surface area contributed by atoms with E-state index in [2.05, 4.69) is 4.74 Å². The molecular weight excluding hydrogens is 241 g/mol. The second-order valence-electron chi connectivity index (χ2n) is 2.01. The lowest BCUT2D eigenvalue weighted by Crippen LogP contribution is -2.27. The topological polar surface area (TPSA) is 43.4 Å². The molecule has 0 rings (SSSR count). The van der Waals surface area contributed by atoms with E-state index in [0.717, 1.165) is 0 Å². The van der Waals surface area contributed by atoms with Gasteiger partial charge in [-0.05, 0) is 0 Å². The van der Waals surface area contributed by atoms with Crippen LogP contribution in [-0.2, 0) is 9.30 Å². The van der Waals surface area contributed by atoms with Crippen LogP contribution in [0.2, 0.25) is 0 Å². The zero-order valence-corrected chi connectivity index (χ0v) is 7.33. The smallest absolute Gasteiger partial charge is 0.459 e. The van der Waals surface area contributed by atoms with Crippen molar-refractivity contribution in [3.63, 3.8) is 0 Å². The number of carbonyl (C=O) groups is 1. The van der Waals surface area contributed by atoms with Gasteiger partial charge in [0.1, 0.15) is 0 Å². The Bertz CT molecular complexity index is 260. The lowest BCUT2D eigenvalue weighted by Gasteiger charge is -2.20. The molecule has 0 aliphatic rings. The van der Waals surface area contributed by atoms with Gasteiger partial charge < -0.3 is 4.74 Å². The molecule has 10 heteroatoms. The largest absolute Gasteiger partial charge is 0.463 e. The van der Waals surface area contributed by atoms with E-state index in [1.165, 1.54) is 0 Å². The van der Waals surface area contributed by atoms with Crippen LogP contribution in [0.3, 0.4) is 0 Å². The Hall–Kier alpha value is -0.720. The highest BCUT2D eigenvalue weighted by Crippen LogP contribution is 2.72. The van der Waals surface area contributed by atoms with E-state index in [0.29, 0.717) is 0 Å². The number of rotatable bonds is 1. The molecule has 0 heterocycles. The lowest BCUT2D eigenvalue weighted by molar-refractivity contribution is -0.0925. The molecule has 0 radical (unpaired) electrons. The highest BCUT2D eigenvalue weighted by Gasteiger charge is 2.73. The maximum atomic E-state index is 11.8. The van der Waals surface area contributed by atoms with Gasteiger partial charge in [-0.3, -0.25) is 4.57 Å². The molecule has 0 N–H and O–H groups in total. The maximum absolute atomic E-state index is 11.8. The second-order valence-corrected chi connectivity index (χ2v) is 4.61. The van der Waals surface area contributed by atoms with Gasteiger partial charge in [-0.15, -0.1) is 0 Å². The van der Waals surface area contributed by atoms with E-state index in [4.69, 9.17) is 0 Å². The van der Waals surface area contributed by atoms with Crippen LogP contribution in [0.15, 0.2) is 0 Å². The molecule has 0 aromatic heterocycles. The molecule has 0 bridgehead atoms. The van der Waals surface area contributed by atoms with Crippen LogP contribution < -0.4 is 0 Å². The number of ether oxygens (including phenoxy) is 1. The molecule has 0 fully saturated rings. The molecular formula is C4H3F6O3P. The molecule has 0 aromatic rings. The average molecular weight is 244 g/mol. The number of alkyl halides is 6. The minimum absolute atomic E-state index is 0.284. The molecule has 0 amide bonds. The third-order valence-corrected chi connectivity index (χ3v) is 3.27. The van der Waals surface area contributed by atoms with Crippen molar-refractivity contribution < 1.29 is 40.4 Å². The summed E-state index contributed by atoms with van der Waals surface area (Å²) >= 11 is 0. The van der Waals surface area contributed by atoms with Crippen LogP contribution in [0.5, 0.6) is 0 Å². The van der Waals surface area contributed by atoms with Crippen molar-refractivity contribution in [2.45, 2.75) is 11.8 Å². The Labute approximate surface area is 73.4 Å². The van der Waals surface area contributed by atoms with Crippen molar-refractivity contribution in [3.05, 3.63) is 0 Å². The Morgan fingerprint density at radius 2 is 1.36 bits per heavy atom. The molecule has 0 aliphatic carbocycles. The quantitative estimate of drug-likeness (QED) is 0.525. The van der Waals surface area contributed by atoms with Crippen LogP contribution in [0.1, 0.15) is 0 Å². The van der Waals surface area contributed by atoms with E-state index < -0.39 is 24.7 Å². The van der Waals surface area contributed by atoms with Gasteiger partial charge in [0.25, 0.3) is 0 Å². The van der Waals surface area contributed by atoms with Gasteiger partial charge in [-0.25, -0.2) is 4.79 Å². The minimum atomic E-state index is -7.04. The van der Waals surface area contributed by atoms with Crippen LogP contribution in [-0.4, -0.2) is 24.7 Å². The Morgan fingerprint density at radius 3 is 1.43 bits per heavy atom. The summed E-state index contributed by atoms with van der Waals surface area (Å²) in [6, 6.07) is 0. The van der Waals surface area contributed by atoms with Crippen LogP contribution in [0.25, 0.3) is 0 Å². The summed E-state index contributed by atoms with van der Waals surface area (Å²) in [7, 11) is -6.75. The molecule has 0 aromatic carbocycles. The van der Waals surface area contributed by atoms with Gasteiger partial charge in [-0.1, -0.05) is 0 Å². The predicted molar refractivity (Wildman–Crippen MR) is 32.1 cm³/mol. The first kappa shape index (κ1) is 13.3. The standard InChI is InChI=1S/C4H3F6O3P/c1-13-2(11)14(12,3(5,6)7)4(8,9)10/h1H3. The highest BCUT2D eigenvalue weighted by atomic mass is 31.2. The normalized spacial score (nSPS) is 13.9. The molecule has 0 aliphatic heterocycles. The van der Waals surface area contributed by atoms with Gasteiger partial charge in [0.05, 0.1) is 7.11 Å². The molecule has 3 nitrogen and oxygen atoms in total. The summed E-state index contributed by atoms with van der Waals surface area (Å²) in [6.07, 6.45) is 0. The first-order valence-electron chi connectivity index (χ1n) is 2.80. The van der Waals surface area contributed by atoms with Crippen molar-refractivity contribution in [1.82, 2.24) is 0 Å². The van der Waals surface area contributed by atoms with E-state index in [-0.39, 0.29) is 7.11 Å². The van der Waals surface area contributed by atoms with Crippen LogP contribution in [0.4, 0.5) is 31.1 Å². The summed E-state index contributed by atoms with van der Waals surface area (Å²) in [5.74, 6) is -12.4. The van der Waals surface area contributed by atoms with Gasteiger partial charge in [-0.2, -0.15) is 26.3 Å². The predicted octanol–water partition coefficient (Wildman–Crippen LogP) is 3.16. The van der Waals surface area contributed by atoms with E-state index >= 15 is 0 Å². The van der Waals surface area contributed by atoms with E-state index in [1.807, 2.05) is 0 Å². The monoisotopic (exact) mass is 244 g/mol. The molecule has 0 spiro atoms. The summed E-state index contributed by atoms with van der Waals surface area (Å²) in [4.78, 5) is 10.2. The number of halogens is 6. The summed E-state index contributed by atoms with van der Waals surface area (Å²) in [5.41, 5.74) is -2.82.